The van der Waals surface area contributed by atoms with E-state index in [0.29, 0.717) is 6.42 Å². The lowest BCUT2D eigenvalue weighted by Crippen LogP contribution is -2.35. The van der Waals surface area contributed by atoms with Crippen LogP contribution in [-0.4, -0.2) is 15.4 Å². The van der Waals surface area contributed by atoms with E-state index in [9.17, 15) is 13.2 Å². The van der Waals surface area contributed by atoms with Gasteiger partial charge in [-0.2, -0.15) is 0 Å². The van der Waals surface area contributed by atoms with Crippen LogP contribution in [0, 0.1) is 17.5 Å². The highest BCUT2D eigenvalue weighted by Crippen LogP contribution is 2.25. The zero-order valence-electron chi connectivity index (χ0n) is 11.7. The number of hydrogen-bond donors (Lipinski definition) is 0. The van der Waals surface area contributed by atoms with Gasteiger partial charge in [-0.1, -0.05) is 13.8 Å². The minimum atomic E-state index is -1.74. The third-order valence-corrected chi connectivity index (χ3v) is 8.59. The number of rotatable bonds is 7. The van der Waals surface area contributed by atoms with Gasteiger partial charge in [-0.05, 0) is 31.0 Å². The minimum Gasteiger partial charge on any atom is -0.420 e. The molecule has 1 aromatic carbocycles. The predicted molar refractivity (Wildman–Crippen MR) is 73.2 cm³/mol. The van der Waals surface area contributed by atoms with Crippen LogP contribution in [0.1, 0.15) is 25.8 Å². The highest BCUT2D eigenvalue weighted by molar-refractivity contribution is 6.73. The lowest BCUT2D eigenvalue weighted by Gasteiger charge is -2.27. The summed E-state index contributed by atoms with van der Waals surface area (Å²) in [4.78, 5) is 0. The Bertz CT molecular complexity index is 388. The summed E-state index contributed by atoms with van der Waals surface area (Å²) in [6, 6.07) is 4.33. The first-order valence-corrected chi connectivity index (χ1v) is 9.19. The lowest BCUT2D eigenvalue weighted by atomic mass is 10.1. The molecule has 0 radical (unpaired) electrons. The molecule has 19 heavy (non-hydrogen) atoms. The van der Waals surface area contributed by atoms with Gasteiger partial charge in [-0.25, -0.2) is 13.2 Å². The first-order chi connectivity index (χ1) is 8.98. The molecule has 0 unspecified atom stereocenters. The molecule has 0 N–H and O–H groups in total. The minimum absolute atomic E-state index is 0.0207. The fourth-order valence-corrected chi connectivity index (χ4v) is 5.20. The highest BCUT2D eigenvalue weighted by Gasteiger charge is 2.29. The van der Waals surface area contributed by atoms with Crippen LogP contribution in [0.4, 0.5) is 13.2 Å². The molecule has 0 fully saturated rings. The van der Waals surface area contributed by atoms with Gasteiger partial charge >= 0.3 is 0 Å². The van der Waals surface area contributed by atoms with Crippen molar-refractivity contribution in [2.75, 3.05) is 7.11 Å². The molecule has 0 aliphatic carbocycles. The van der Waals surface area contributed by atoms with Gasteiger partial charge < -0.3 is 4.43 Å². The van der Waals surface area contributed by atoms with Crippen LogP contribution < -0.4 is 0 Å². The van der Waals surface area contributed by atoms with E-state index in [2.05, 4.69) is 13.8 Å². The molecule has 0 saturated heterocycles. The Labute approximate surface area is 113 Å². The van der Waals surface area contributed by atoms with Gasteiger partial charge in [0, 0.05) is 24.8 Å². The van der Waals surface area contributed by atoms with Gasteiger partial charge in [0.15, 0.2) is 8.32 Å². The summed E-state index contributed by atoms with van der Waals surface area (Å²) < 4.78 is 45.4. The van der Waals surface area contributed by atoms with E-state index in [4.69, 9.17) is 4.43 Å². The normalized spacial score (nSPS) is 11.9. The third-order valence-electron chi connectivity index (χ3n) is 3.89. The van der Waals surface area contributed by atoms with Crippen molar-refractivity contribution >= 4 is 8.32 Å². The first kappa shape index (κ1) is 16.2. The molecule has 0 bridgehead atoms. The van der Waals surface area contributed by atoms with Crippen LogP contribution >= 0.6 is 0 Å². The summed E-state index contributed by atoms with van der Waals surface area (Å²) in [5.74, 6) is -2.47. The van der Waals surface area contributed by atoms with E-state index in [1.54, 1.807) is 7.11 Å². The van der Waals surface area contributed by atoms with Gasteiger partial charge in [-0.3, -0.25) is 0 Å². The Balaban J connectivity index is 2.68. The summed E-state index contributed by atoms with van der Waals surface area (Å²) in [6.45, 7) is 4.19. The van der Waals surface area contributed by atoms with Gasteiger partial charge in [0.1, 0.15) is 17.5 Å². The molecule has 0 spiro atoms. The summed E-state index contributed by atoms with van der Waals surface area (Å²) in [7, 11) is -0.0154. The van der Waals surface area contributed by atoms with Crippen LogP contribution in [0.2, 0.25) is 18.1 Å². The fourth-order valence-electron chi connectivity index (χ4n) is 2.39. The van der Waals surface area contributed by atoms with Crippen LogP contribution in [0.25, 0.3) is 0 Å². The van der Waals surface area contributed by atoms with Crippen molar-refractivity contribution in [2.24, 2.45) is 0 Å². The molecule has 1 nitrogen and oxygen atoms in total. The summed E-state index contributed by atoms with van der Waals surface area (Å²) >= 11 is 0. The standard InChI is InChI=1S/C14H21F3OSi/c1-4-19(5-2,18-3)8-6-7-12-13(16)9-11(15)10-14(12)17/h9-10H,4-8H2,1-3H3. The predicted octanol–water partition coefficient (Wildman–Crippen LogP) is 4.67. The molecule has 0 aliphatic rings. The van der Waals surface area contributed by atoms with E-state index in [0.717, 1.165) is 30.3 Å². The molecule has 0 aromatic heterocycles. The zero-order valence-corrected chi connectivity index (χ0v) is 12.7. The van der Waals surface area contributed by atoms with E-state index >= 15 is 0 Å². The van der Waals surface area contributed by atoms with Crippen LogP contribution in [-0.2, 0) is 10.8 Å². The second kappa shape index (κ2) is 7.10. The molecular weight excluding hydrogens is 269 g/mol. The van der Waals surface area contributed by atoms with Gasteiger partial charge in [-0.15, -0.1) is 0 Å². The van der Waals surface area contributed by atoms with Crippen LogP contribution in [0.3, 0.4) is 0 Å². The van der Waals surface area contributed by atoms with E-state index < -0.39 is 25.8 Å². The maximum absolute atomic E-state index is 13.5. The molecule has 1 rings (SSSR count). The van der Waals surface area contributed by atoms with Crippen molar-refractivity contribution < 1.29 is 17.6 Å². The monoisotopic (exact) mass is 290 g/mol. The average molecular weight is 290 g/mol. The fraction of sp³-hybridized carbons (Fsp3) is 0.571. The Morgan fingerprint density at radius 2 is 1.58 bits per heavy atom. The Morgan fingerprint density at radius 3 is 2.00 bits per heavy atom. The largest absolute Gasteiger partial charge is 0.420 e. The Hall–Kier alpha value is -0.813. The quantitative estimate of drug-likeness (QED) is 0.663. The third kappa shape index (κ3) is 4.08. The SMILES string of the molecule is CC[Si](CC)(CCCc1c(F)cc(F)cc1F)OC. The Kier molecular flexibility index (Phi) is 6.07. The Morgan fingerprint density at radius 1 is 1.05 bits per heavy atom. The molecule has 1 aromatic rings. The average Bonchev–Trinajstić information content (AvgIpc) is 2.38. The molecule has 0 heterocycles. The van der Waals surface area contributed by atoms with Crippen molar-refractivity contribution in [3.05, 3.63) is 35.1 Å². The van der Waals surface area contributed by atoms with Crippen molar-refractivity contribution in [3.63, 3.8) is 0 Å². The van der Waals surface area contributed by atoms with Crippen LogP contribution in [0.5, 0.6) is 0 Å². The van der Waals surface area contributed by atoms with Crippen molar-refractivity contribution in [1.82, 2.24) is 0 Å². The summed E-state index contributed by atoms with van der Waals surface area (Å²) in [5.41, 5.74) is -0.0207. The second-order valence-electron chi connectivity index (χ2n) is 4.80. The van der Waals surface area contributed by atoms with Crippen molar-refractivity contribution in [1.29, 1.82) is 0 Å². The number of benzene rings is 1. The van der Waals surface area contributed by atoms with Gasteiger partial charge in [0.2, 0.25) is 0 Å². The van der Waals surface area contributed by atoms with Gasteiger partial charge in [0.25, 0.3) is 0 Å². The van der Waals surface area contributed by atoms with Crippen molar-refractivity contribution in [3.8, 4) is 0 Å². The van der Waals surface area contributed by atoms with Crippen molar-refractivity contribution in [2.45, 2.75) is 44.8 Å². The zero-order chi connectivity index (χ0) is 14.5. The molecule has 5 heteroatoms. The molecule has 0 amide bonds. The maximum atomic E-state index is 13.5. The van der Waals surface area contributed by atoms with E-state index in [1.165, 1.54) is 0 Å². The first-order valence-electron chi connectivity index (χ1n) is 6.66. The number of halogens is 3. The molecule has 0 saturated carbocycles. The van der Waals surface area contributed by atoms with Crippen LogP contribution in [0.15, 0.2) is 12.1 Å². The van der Waals surface area contributed by atoms with Gasteiger partial charge in [0.05, 0.1) is 0 Å². The van der Waals surface area contributed by atoms with E-state index in [-0.39, 0.29) is 12.0 Å². The molecular formula is C14H21F3OSi. The highest BCUT2D eigenvalue weighted by atomic mass is 28.4. The molecule has 0 aliphatic heterocycles. The van der Waals surface area contributed by atoms with E-state index in [1.807, 2.05) is 0 Å². The molecule has 0 atom stereocenters. The lowest BCUT2D eigenvalue weighted by molar-refractivity contribution is 0.389. The summed E-state index contributed by atoms with van der Waals surface area (Å²) in [5, 5.41) is 0. The topological polar surface area (TPSA) is 9.23 Å². The maximum Gasteiger partial charge on any atom is 0.191 e. The molecule has 108 valence electrons. The smallest absolute Gasteiger partial charge is 0.191 e. The summed E-state index contributed by atoms with van der Waals surface area (Å²) in [6.07, 6.45) is 0.956. The number of hydrogen-bond acceptors (Lipinski definition) is 1. The second-order valence-corrected chi connectivity index (χ2v) is 9.48.